The average Bonchev–Trinajstić information content (AvgIpc) is 2.31. The van der Waals surface area contributed by atoms with Gasteiger partial charge in [-0.25, -0.2) is 0 Å². The van der Waals surface area contributed by atoms with Gasteiger partial charge in [0.1, 0.15) is 5.52 Å². The Morgan fingerprint density at radius 3 is 3.09 bits per heavy atom. The van der Waals surface area contributed by atoms with Gasteiger partial charge < -0.3 is 0 Å². The Morgan fingerprint density at radius 1 is 1.55 bits per heavy atom. The molecule has 0 atom stereocenters. The summed E-state index contributed by atoms with van der Waals surface area (Å²) in [7, 11) is 1.87. The molecule has 0 spiro atoms. The zero-order chi connectivity index (χ0) is 7.84. The van der Waals surface area contributed by atoms with E-state index in [1.54, 1.807) is 10.7 Å². The van der Waals surface area contributed by atoms with Crippen molar-refractivity contribution >= 4 is 22.5 Å². The highest BCUT2D eigenvalue weighted by molar-refractivity contribution is 6.34. The fourth-order valence-corrected chi connectivity index (χ4v) is 1.28. The molecule has 3 heteroatoms. The fourth-order valence-electron chi connectivity index (χ4n) is 1.07. The van der Waals surface area contributed by atoms with Gasteiger partial charge in [0.2, 0.25) is 0 Å². The SMILES string of the molecule is Cn1cc2c[c]cc(Cl)c2n1. The predicted molar refractivity (Wildman–Crippen MR) is 44.6 cm³/mol. The van der Waals surface area contributed by atoms with Crippen LogP contribution in [0.5, 0.6) is 0 Å². The molecule has 1 aromatic heterocycles. The molecule has 0 N–H and O–H groups in total. The molecule has 0 saturated carbocycles. The lowest BCUT2D eigenvalue weighted by Crippen LogP contribution is -1.84. The molecule has 11 heavy (non-hydrogen) atoms. The van der Waals surface area contributed by atoms with Gasteiger partial charge in [0, 0.05) is 18.6 Å². The molecule has 0 aliphatic rings. The summed E-state index contributed by atoms with van der Waals surface area (Å²) in [6.45, 7) is 0. The molecular formula is C8H6ClN2. The highest BCUT2D eigenvalue weighted by atomic mass is 35.5. The fraction of sp³-hybridized carbons (Fsp3) is 0.125. The third-order valence-corrected chi connectivity index (χ3v) is 1.82. The van der Waals surface area contributed by atoms with Crippen LogP contribution in [0, 0.1) is 6.07 Å². The summed E-state index contributed by atoms with van der Waals surface area (Å²) in [6, 6.07) is 6.52. The topological polar surface area (TPSA) is 17.8 Å². The first kappa shape index (κ1) is 6.68. The van der Waals surface area contributed by atoms with Crippen LogP contribution in [0.1, 0.15) is 0 Å². The number of aromatic nitrogens is 2. The summed E-state index contributed by atoms with van der Waals surface area (Å²) in [5.41, 5.74) is 0.841. The van der Waals surface area contributed by atoms with E-state index in [0.717, 1.165) is 10.9 Å². The maximum Gasteiger partial charge on any atom is 0.111 e. The van der Waals surface area contributed by atoms with Crippen LogP contribution in [-0.4, -0.2) is 9.78 Å². The number of aryl methyl sites for hydroxylation is 1. The minimum atomic E-state index is 0.656. The molecule has 0 bridgehead atoms. The molecule has 2 aromatic rings. The lowest BCUT2D eigenvalue weighted by molar-refractivity contribution is 0.780. The van der Waals surface area contributed by atoms with Crippen LogP contribution in [0.2, 0.25) is 5.02 Å². The van der Waals surface area contributed by atoms with E-state index in [9.17, 15) is 0 Å². The largest absolute Gasteiger partial charge is 0.275 e. The van der Waals surface area contributed by atoms with Crippen molar-refractivity contribution in [2.24, 2.45) is 7.05 Å². The van der Waals surface area contributed by atoms with Gasteiger partial charge >= 0.3 is 0 Å². The normalized spacial score (nSPS) is 10.7. The third kappa shape index (κ3) is 0.994. The van der Waals surface area contributed by atoms with Gasteiger partial charge in [-0.1, -0.05) is 11.6 Å². The second-order valence-corrected chi connectivity index (χ2v) is 2.82. The van der Waals surface area contributed by atoms with Gasteiger partial charge in [-0.2, -0.15) is 5.10 Å². The third-order valence-electron chi connectivity index (χ3n) is 1.53. The number of halogens is 1. The predicted octanol–water partition coefficient (Wildman–Crippen LogP) is 2.03. The van der Waals surface area contributed by atoms with Crippen molar-refractivity contribution in [2.75, 3.05) is 0 Å². The molecule has 0 fully saturated rings. The van der Waals surface area contributed by atoms with Crippen molar-refractivity contribution in [3.63, 3.8) is 0 Å². The molecule has 0 unspecified atom stereocenters. The monoisotopic (exact) mass is 165 g/mol. The Hall–Kier alpha value is -1.02. The van der Waals surface area contributed by atoms with Gasteiger partial charge in [-0.15, -0.1) is 0 Å². The summed E-state index contributed by atoms with van der Waals surface area (Å²) < 4.78 is 1.74. The number of hydrogen-bond donors (Lipinski definition) is 0. The number of benzene rings is 1. The molecule has 0 aliphatic carbocycles. The second kappa shape index (κ2) is 2.24. The molecule has 2 rings (SSSR count). The van der Waals surface area contributed by atoms with Crippen LogP contribution >= 0.6 is 11.6 Å². The molecule has 55 valence electrons. The van der Waals surface area contributed by atoms with Crippen molar-refractivity contribution in [3.05, 3.63) is 29.4 Å². The van der Waals surface area contributed by atoms with Crippen molar-refractivity contribution in [1.82, 2.24) is 9.78 Å². The Balaban J connectivity index is 2.90. The molecule has 1 heterocycles. The van der Waals surface area contributed by atoms with E-state index in [2.05, 4.69) is 11.2 Å². The number of nitrogens with zero attached hydrogens (tertiary/aromatic N) is 2. The van der Waals surface area contributed by atoms with Crippen LogP contribution in [0.3, 0.4) is 0 Å². The van der Waals surface area contributed by atoms with E-state index in [-0.39, 0.29) is 0 Å². The molecule has 1 radical (unpaired) electrons. The highest BCUT2D eigenvalue weighted by Crippen LogP contribution is 2.20. The van der Waals surface area contributed by atoms with E-state index in [1.807, 2.05) is 19.3 Å². The Bertz CT molecular complexity index is 392. The first-order valence-electron chi connectivity index (χ1n) is 3.26. The zero-order valence-corrected chi connectivity index (χ0v) is 6.76. The second-order valence-electron chi connectivity index (χ2n) is 2.41. The van der Waals surface area contributed by atoms with Crippen LogP contribution in [0.4, 0.5) is 0 Å². The summed E-state index contributed by atoms with van der Waals surface area (Å²) in [4.78, 5) is 0. The smallest absolute Gasteiger partial charge is 0.111 e. The summed E-state index contributed by atoms with van der Waals surface area (Å²) in [6.07, 6.45) is 1.91. The quantitative estimate of drug-likeness (QED) is 0.584. The minimum absolute atomic E-state index is 0.656. The van der Waals surface area contributed by atoms with Crippen LogP contribution in [0.15, 0.2) is 18.3 Å². The first-order chi connectivity index (χ1) is 5.27. The van der Waals surface area contributed by atoms with Crippen LogP contribution < -0.4 is 0 Å². The molecule has 0 aliphatic heterocycles. The maximum atomic E-state index is 5.86. The Kier molecular flexibility index (Phi) is 1.36. The van der Waals surface area contributed by atoms with Gasteiger partial charge in [0.25, 0.3) is 0 Å². The molecule has 1 aromatic carbocycles. The van der Waals surface area contributed by atoms with Crippen molar-refractivity contribution in [2.45, 2.75) is 0 Å². The number of hydrogen-bond acceptors (Lipinski definition) is 1. The number of fused-ring (bicyclic) bond motifs is 1. The van der Waals surface area contributed by atoms with E-state index in [0.29, 0.717) is 5.02 Å². The standard InChI is InChI=1S/C8H6ClN2/c1-11-5-6-3-2-4-7(9)8(6)10-11/h3-5H,1H3. The van der Waals surface area contributed by atoms with E-state index in [4.69, 9.17) is 11.6 Å². The number of rotatable bonds is 0. The Morgan fingerprint density at radius 2 is 2.36 bits per heavy atom. The average molecular weight is 166 g/mol. The van der Waals surface area contributed by atoms with Gasteiger partial charge in [0.05, 0.1) is 5.02 Å². The molecular weight excluding hydrogens is 160 g/mol. The Labute approximate surface area is 69.4 Å². The van der Waals surface area contributed by atoms with Crippen LogP contribution in [0.25, 0.3) is 10.9 Å². The van der Waals surface area contributed by atoms with Crippen molar-refractivity contribution in [3.8, 4) is 0 Å². The van der Waals surface area contributed by atoms with E-state index in [1.165, 1.54) is 0 Å². The lowest BCUT2D eigenvalue weighted by atomic mass is 10.3. The lowest BCUT2D eigenvalue weighted by Gasteiger charge is -1.87. The summed E-state index contributed by atoms with van der Waals surface area (Å²) >= 11 is 5.86. The van der Waals surface area contributed by atoms with Crippen molar-refractivity contribution in [1.29, 1.82) is 0 Å². The molecule has 0 saturated heterocycles. The van der Waals surface area contributed by atoms with Gasteiger partial charge in [-0.3, -0.25) is 4.68 Å². The zero-order valence-electron chi connectivity index (χ0n) is 6.00. The molecule has 0 amide bonds. The minimum Gasteiger partial charge on any atom is -0.275 e. The molecule has 2 nitrogen and oxygen atoms in total. The van der Waals surface area contributed by atoms with Crippen LogP contribution in [-0.2, 0) is 7.05 Å². The maximum absolute atomic E-state index is 5.86. The summed E-state index contributed by atoms with van der Waals surface area (Å²) in [5, 5.41) is 5.86. The van der Waals surface area contributed by atoms with Crippen molar-refractivity contribution < 1.29 is 0 Å². The van der Waals surface area contributed by atoms with E-state index >= 15 is 0 Å². The van der Waals surface area contributed by atoms with Gasteiger partial charge in [-0.05, 0) is 18.2 Å². The van der Waals surface area contributed by atoms with Gasteiger partial charge in [0.15, 0.2) is 0 Å². The first-order valence-corrected chi connectivity index (χ1v) is 3.64. The summed E-state index contributed by atoms with van der Waals surface area (Å²) in [5.74, 6) is 0. The highest BCUT2D eigenvalue weighted by Gasteiger charge is 2.00. The van der Waals surface area contributed by atoms with E-state index < -0.39 is 0 Å².